The number of carbonyl (C=O) groups excluding carboxylic acids is 3. The summed E-state index contributed by atoms with van der Waals surface area (Å²) in [6.07, 6.45) is 1.78. The monoisotopic (exact) mass is 485 g/mol. The van der Waals surface area contributed by atoms with Crippen molar-refractivity contribution in [1.29, 1.82) is 0 Å². The maximum absolute atomic E-state index is 13.8. The molecular formula is C22H23N5O4S2. The molecule has 1 saturated heterocycles. The zero-order chi connectivity index (χ0) is 23.4. The number of ether oxygens (including phenoxy) is 1. The lowest BCUT2D eigenvalue weighted by atomic mass is 10.1. The fraction of sp³-hybridized carbons (Fsp3) is 0.273. The Morgan fingerprint density at radius 3 is 2.61 bits per heavy atom. The van der Waals surface area contributed by atoms with Crippen LogP contribution in [-0.4, -0.2) is 41.4 Å². The molecule has 3 heterocycles. The predicted molar refractivity (Wildman–Crippen MR) is 127 cm³/mol. The molecule has 0 radical (unpaired) electrons. The van der Waals surface area contributed by atoms with Gasteiger partial charge in [0.2, 0.25) is 5.91 Å². The van der Waals surface area contributed by atoms with Crippen LogP contribution < -0.4 is 21.7 Å². The van der Waals surface area contributed by atoms with Crippen molar-refractivity contribution in [3.63, 3.8) is 0 Å². The summed E-state index contributed by atoms with van der Waals surface area (Å²) in [5, 5.41) is 4.78. The zero-order valence-electron chi connectivity index (χ0n) is 17.6. The Kier molecular flexibility index (Phi) is 7.02. The van der Waals surface area contributed by atoms with Crippen LogP contribution in [0.1, 0.15) is 43.9 Å². The molecular weight excluding hydrogens is 462 g/mol. The maximum atomic E-state index is 13.8. The van der Waals surface area contributed by atoms with Gasteiger partial charge in [-0.1, -0.05) is 24.3 Å². The Morgan fingerprint density at radius 1 is 1.21 bits per heavy atom. The quantitative estimate of drug-likeness (QED) is 0.448. The second-order valence-electron chi connectivity index (χ2n) is 7.45. The first-order valence-corrected chi connectivity index (χ1v) is 12.0. The van der Waals surface area contributed by atoms with Gasteiger partial charge in [-0.3, -0.25) is 19.3 Å². The SMILES string of the molecule is NC(=O)c1nsc(C(=O)N(c2ccccc2)[C@H](C(=O)NC[C@H]2CCCO2)c2cccs2)c1N. The number of thiophene rings is 1. The third-order valence-corrected chi connectivity index (χ3v) is 7.03. The molecule has 5 N–H and O–H groups in total. The van der Waals surface area contributed by atoms with Gasteiger partial charge in [-0.05, 0) is 48.0 Å². The number of amides is 3. The zero-order valence-corrected chi connectivity index (χ0v) is 19.2. The van der Waals surface area contributed by atoms with Gasteiger partial charge in [0.05, 0.1) is 11.8 Å². The van der Waals surface area contributed by atoms with Gasteiger partial charge in [-0.15, -0.1) is 11.3 Å². The van der Waals surface area contributed by atoms with Gasteiger partial charge in [-0.2, -0.15) is 4.37 Å². The lowest BCUT2D eigenvalue weighted by Crippen LogP contribution is -2.45. The van der Waals surface area contributed by atoms with Crippen molar-refractivity contribution >= 4 is 52.0 Å². The Balaban J connectivity index is 1.73. The lowest BCUT2D eigenvalue weighted by molar-refractivity contribution is -0.122. The summed E-state index contributed by atoms with van der Waals surface area (Å²) in [7, 11) is 0. The third kappa shape index (κ3) is 4.90. The molecule has 1 aliphatic heterocycles. The number of benzene rings is 1. The number of aromatic nitrogens is 1. The van der Waals surface area contributed by atoms with E-state index < -0.39 is 17.9 Å². The van der Waals surface area contributed by atoms with Crippen molar-refractivity contribution in [1.82, 2.24) is 9.69 Å². The normalized spacial score (nSPS) is 16.3. The van der Waals surface area contributed by atoms with Crippen LogP contribution in [0.5, 0.6) is 0 Å². The molecule has 33 heavy (non-hydrogen) atoms. The van der Waals surface area contributed by atoms with E-state index in [1.165, 1.54) is 16.2 Å². The van der Waals surface area contributed by atoms with Crippen LogP contribution in [0.15, 0.2) is 47.8 Å². The molecule has 3 aromatic rings. The number of para-hydroxylation sites is 1. The van der Waals surface area contributed by atoms with Crippen LogP contribution in [0, 0.1) is 0 Å². The number of nitrogens with one attached hydrogen (secondary N) is 1. The van der Waals surface area contributed by atoms with Crippen molar-refractivity contribution in [2.45, 2.75) is 25.0 Å². The van der Waals surface area contributed by atoms with Gasteiger partial charge in [0, 0.05) is 23.7 Å². The van der Waals surface area contributed by atoms with E-state index in [1.807, 2.05) is 17.5 Å². The second kappa shape index (κ2) is 10.1. The molecule has 1 aliphatic rings. The van der Waals surface area contributed by atoms with E-state index in [2.05, 4.69) is 9.69 Å². The van der Waals surface area contributed by atoms with Crippen LogP contribution in [-0.2, 0) is 9.53 Å². The Morgan fingerprint density at radius 2 is 2.00 bits per heavy atom. The fourth-order valence-corrected chi connectivity index (χ4v) is 5.20. The molecule has 11 heteroatoms. The van der Waals surface area contributed by atoms with Crippen LogP contribution in [0.25, 0.3) is 0 Å². The summed E-state index contributed by atoms with van der Waals surface area (Å²) in [4.78, 5) is 41.0. The molecule has 3 amide bonds. The number of nitrogens with two attached hydrogens (primary N) is 2. The molecule has 1 aromatic carbocycles. The third-order valence-electron chi connectivity index (χ3n) is 5.26. The number of rotatable bonds is 8. The minimum absolute atomic E-state index is 0.0427. The van der Waals surface area contributed by atoms with Crippen molar-refractivity contribution < 1.29 is 19.1 Å². The van der Waals surface area contributed by atoms with Crippen LogP contribution in [0.2, 0.25) is 0 Å². The number of nitrogens with zero attached hydrogens (tertiary/aromatic N) is 2. The van der Waals surface area contributed by atoms with Gasteiger partial charge in [-0.25, -0.2) is 0 Å². The molecule has 0 aliphatic carbocycles. The molecule has 4 rings (SSSR count). The van der Waals surface area contributed by atoms with E-state index in [9.17, 15) is 14.4 Å². The maximum Gasteiger partial charge on any atom is 0.273 e. The van der Waals surface area contributed by atoms with Crippen molar-refractivity contribution in [3.05, 3.63) is 63.3 Å². The summed E-state index contributed by atoms with van der Waals surface area (Å²) >= 11 is 2.14. The summed E-state index contributed by atoms with van der Waals surface area (Å²) < 4.78 is 9.57. The smallest absolute Gasteiger partial charge is 0.273 e. The van der Waals surface area contributed by atoms with Gasteiger partial charge < -0.3 is 21.5 Å². The highest BCUT2D eigenvalue weighted by molar-refractivity contribution is 7.10. The minimum atomic E-state index is -0.958. The van der Waals surface area contributed by atoms with E-state index in [1.54, 1.807) is 30.3 Å². The van der Waals surface area contributed by atoms with Gasteiger partial charge >= 0.3 is 0 Å². The van der Waals surface area contributed by atoms with Gasteiger partial charge in [0.25, 0.3) is 11.8 Å². The lowest BCUT2D eigenvalue weighted by Gasteiger charge is -2.30. The topological polar surface area (TPSA) is 141 Å². The number of nitrogen functional groups attached to an aromatic ring is 1. The van der Waals surface area contributed by atoms with E-state index in [0.717, 1.165) is 24.4 Å². The summed E-state index contributed by atoms with van der Waals surface area (Å²) in [5.74, 6) is -1.71. The van der Waals surface area contributed by atoms with Crippen LogP contribution in [0.4, 0.5) is 11.4 Å². The summed E-state index contributed by atoms with van der Waals surface area (Å²) in [6, 6.07) is 11.5. The van der Waals surface area contributed by atoms with Crippen LogP contribution in [0.3, 0.4) is 0 Å². The highest BCUT2D eigenvalue weighted by atomic mass is 32.1. The van der Waals surface area contributed by atoms with Crippen molar-refractivity contribution in [2.75, 3.05) is 23.8 Å². The second-order valence-corrected chi connectivity index (χ2v) is 9.20. The first kappa shape index (κ1) is 22.9. The van der Waals surface area contributed by atoms with Crippen LogP contribution >= 0.6 is 22.9 Å². The molecule has 2 aromatic heterocycles. The first-order chi connectivity index (χ1) is 16.0. The first-order valence-electron chi connectivity index (χ1n) is 10.3. The largest absolute Gasteiger partial charge is 0.395 e. The number of hydrogen-bond donors (Lipinski definition) is 3. The number of carbonyl (C=O) groups is 3. The van der Waals surface area contributed by atoms with E-state index in [-0.39, 0.29) is 28.3 Å². The fourth-order valence-electron chi connectivity index (χ4n) is 3.65. The van der Waals surface area contributed by atoms with Gasteiger partial charge in [0.15, 0.2) is 11.7 Å². The molecule has 172 valence electrons. The molecule has 1 fully saturated rings. The Labute approximate surface area is 198 Å². The standard InChI is InChI=1S/C22H23N5O4S2/c23-16-17(20(24)28)26-33-19(16)22(30)27(13-6-2-1-3-7-13)18(15-9-5-11-32-15)21(29)25-12-14-8-4-10-31-14/h1-3,5-7,9,11,14,18H,4,8,10,12,23H2,(H2,24,28)(H,25,29)/t14-,18+/m1/s1. The van der Waals surface area contributed by atoms with E-state index in [0.29, 0.717) is 23.7 Å². The average Bonchev–Trinajstić information content (AvgIpc) is 3.58. The molecule has 0 spiro atoms. The minimum Gasteiger partial charge on any atom is -0.395 e. The number of hydrogen-bond acceptors (Lipinski definition) is 8. The average molecular weight is 486 g/mol. The molecule has 0 saturated carbocycles. The highest BCUT2D eigenvalue weighted by Crippen LogP contribution is 2.34. The van der Waals surface area contributed by atoms with Gasteiger partial charge in [0.1, 0.15) is 4.88 Å². The summed E-state index contributed by atoms with van der Waals surface area (Å²) in [6.45, 7) is 1.03. The predicted octanol–water partition coefficient (Wildman–Crippen LogP) is 2.57. The van der Waals surface area contributed by atoms with Crippen molar-refractivity contribution in [2.24, 2.45) is 5.73 Å². The number of anilines is 2. The summed E-state index contributed by atoms with van der Waals surface area (Å²) in [5.41, 5.74) is 11.6. The molecule has 2 atom stereocenters. The Hall–Kier alpha value is -3.28. The van der Waals surface area contributed by atoms with E-state index >= 15 is 0 Å². The molecule has 9 nitrogen and oxygen atoms in total. The Bertz CT molecular complexity index is 1130. The molecule has 0 bridgehead atoms. The van der Waals surface area contributed by atoms with Crippen molar-refractivity contribution in [3.8, 4) is 0 Å². The molecule has 0 unspecified atom stereocenters. The number of primary amides is 1. The highest BCUT2D eigenvalue weighted by Gasteiger charge is 2.36. The van der Waals surface area contributed by atoms with E-state index in [4.69, 9.17) is 16.2 Å².